The second-order valence-electron chi connectivity index (χ2n) is 4.72. The Balaban J connectivity index is 2.10. The third kappa shape index (κ3) is 2.43. The molecular weight excluding hydrogens is 258 g/mol. The van der Waals surface area contributed by atoms with Crippen LogP contribution in [0.15, 0.2) is 24.3 Å². The largest absolute Gasteiger partial charge is 0.370 e. The molecule has 1 aliphatic carbocycles. The van der Waals surface area contributed by atoms with Crippen LogP contribution in [0.4, 0.5) is 5.82 Å². The van der Waals surface area contributed by atoms with E-state index in [9.17, 15) is 0 Å². The third-order valence-electron chi connectivity index (χ3n) is 3.36. The number of benzene rings is 1. The quantitative estimate of drug-likeness (QED) is 0.926. The van der Waals surface area contributed by atoms with E-state index in [4.69, 9.17) is 16.6 Å². The molecule has 0 saturated heterocycles. The van der Waals surface area contributed by atoms with Gasteiger partial charge in [-0.05, 0) is 38.3 Å². The van der Waals surface area contributed by atoms with Gasteiger partial charge in [0, 0.05) is 28.4 Å². The first kappa shape index (κ1) is 12.4. The lowest BCUT2D eigenvalue weighted by molar-refractivity contribution is 0.900. The van der Waals surface area contributed by atoms with Gasteiger partial charge < -0.3 is 5.32 Å². The Hall–Kier alpha value is -1.61. The molecule has 1 aromatic carbocycles. The number of fused-ring (bicyclic) bond motifs is 1. The first-order chi connectivity index (χ1) is 9.28. The fourth-order valence-electron chi connectivity index (χ4n) is 2.50. The molecule has 98 valence electrons. The van der Waals surface area contributed by atoms with Crippen molar-refractivity contribution in [2.24, 2.45) is 0 Å². The summed E-state index contributed by atoms with van der Waals surface area (Å²) in [6, 6.07) is 7.71. The van der Waals surface area contributed by atoms with E-state index in [-0.39, 0.29) is 0 Å². The summed E-state index contributed by atoms with van der Waals surface area (Å²) in [7, 11) is 0. The van der Waals surface area contributed by atoms with Crippen molar-refractivity contribution in [3.63, 3.8) is 0 Å². The molecule has 1 heterocycles. The maximum absolute atomic E-state index is 6.04. The van der Waals surface area contributed by atoms with Crippen LogP contribution >= 0.6 is 11.6 Å². The van der Waals surface area contributed by atoms with Crippen LogP contribution in [0, 0.1) is 0 Å². The van der Waals surface area contributed by atoms with Crippen molar-refractivity contribution in [3.8, 4) is 11.4 Å². The minimum Gasteiger partial charge on any atom is -0.370 e. The van der Waals surface area contributed by atoms with Gasteiger partial charge in [-0.15, -0.1) is 0 Å². The summed E-state index contributed by atoms with van der Waals surface area (Å²) in [6.07, 6.45) is 3.29. The highest BCUT2D eigenvalue weighted by Gasteiger charge is 2.19. The van der Waals surface area contributed by atoms with Gasteiger partial charge in [0.1, 0.15) is 5.82 Å². The van der Waals surface area contributed by atoms with Gasteiger partial charge in [0.25, 0.3) is 0 Å². The number of nitrogens with zero attached hydrogens (tertiary/aromatic N) is 2. The van der Waals surface area contributed by atoms with Crippen LogP contribution in [-0.2, 0) is 12.8 Å². The molecule has 1 N–H and O–H groups in total. The predicted molar refractivity (Wildman–Crippen MR) is 78.7 cm³/mol. The van der Waals surface area contributed by atoms with Crippen molar-refractivity contribution in [2.75, 3.05) is 11.9 Å². The Kier molecular flexibility index (Phi) is 3.38. The monoisotopic (exact) mass is 273 g/mol. The second-order valence-corrected chi connectivity index (χ2v) is 5.15. The molecule has 0 saturated carbocycles. The van der Waals surface area contributed by atoms with E-state index < -0.39 is 0 Å². The van der Waals surface area contributed by atoms with E-state index in [1.807, 2.05) is 24.3 Å². The van der Waals surface area contributed by atoms with Gasteiger partial charge >= 0.3 is 0 Å². The molecule has 0 atom stereocenters. The molecule has 0 bridgehead atoms. The van der Waals surface area contributed by atoms with E-state index in [0.717, 1.165) is 36.6 Å². The normalized spacial score (nSPS) is 13.4. The van der Waals surface area contributed by atoms with Crippen molar-refractivity contribution < 1.29 is 0 Å². The Bertz CT molecular complexity index is 610. The number of hydrogen-bond donors (Lipinski definition) is 1. The average Bonchev–Trinajstić information content (AvgIpc) is 2.87. The molecule has 3 rings (SSSR count). The molecule has 3 nitrogen and oxygen atoms in total. The number of aryl methyl sites for hydroxylation is 1. The zero-order valence-corrected chi connectivity index (χ0v) is 11.7. The van der Waals surface area contributed by atoms with Crippen LogP contribution in [0.2, 0.25) is 5.02 Å². The summed E-state index contributed by atoms with van der Waals surface area (Å²) in [5.74, 6) is 1.75. The molecule has 2 aromatic rings. The van der Waals surface area contributed by atoms with Gasteiger partial charge in [-0.25, -0.2) is 9.97 Å². The standard InChI is InChI=1S/C15H16ClN3/c1-2-17-15-12-7-4-8-13(12)18-14(19-15)10-5-3-6-11(16)9-10/h3,5-6,9H,2,4,7-8H2,1H3,(H,17,18,19). The Morgan fingerprint density at radius 3 is 2.95 bits per heavy atom. The molecule has 1 aromatic heterocycles. The summed E-state index contributed by atoms with van der Waals surface area (Å²) < 4.78 is 0. The van der Waals surface area contributed by atoms with Crippen LogP contribution in [0.25, 0.3) is 11.4 Å². The van der Waals surface area contributed by atoms with Crippen molar-refractivity contribution in [1.29, 1.82) is 0 Å². The smallest absolute Gasteiger partial charge is 0.161 e. The fourth-order valence-corrected chi connectivity index (χ4v) is 2.69. The van der Waals surface area contributed by atoms with Crippen LogP contribution in [0.1, 0.15) is 24.6 Å². The summed E-state index contributed by atoms with van der Waals surface area (Å²) in [4.78, 5) is 9.36. The van der Waals surface area contributed by atoms with Gasteiger partial charge in [-0.2, -0.15) is 0 Å². The highest BCUT2D eigenvalue weighted by Crippen LogP contribution is 2.29. The molecule has 0 amide bonds. The number of anilines is 1. The molecule has 4 heteroatoms. The molecule has 0 spiro atoms. The molecule has 0 fully saturated rings. The first-order valence-electron chi connectivity index (χ1n) is 6.67. The molecule has 19 heavy (non-hydrogen) atoms. The van der Waals surface area contributed by atoms with Crippen LogP contribution in [0.3, 0.4) is 0 Å². The second kappa shape index (κ2) is 5.17. The lowest BCUT2D eigenvalue weighted by Crippen LogP contribution is -2.06. The lowest BCUT2D eigenvalue weighted by atomic mass is 10.2. The summed E-state index contributed by atoms with van der Waals surface area (Å²) in [6.45, 7) is 2.96. The van der Waals surface area contributed by atoms with Crippen molar-refractivity contribution in [1.82, 2.24) is 9.97 Å². The van der Waals surface area contributed by atoms with Gasteiger partial charge in [0.05, 0.1) is 0 Å². The van der Waals surface area contributed by atoms with Crippen LogP contribution in [0.5, 0.6) is 0 Å². The number of rotatable bonds is 3. The van der Waals surface area contributed by atoms with Crippen LogP contribution < -0.4 is 5.32 Å². The first-order valence-corrected chi connectivity index (χ1v) is 7.05. The zero-order chi connectivity index (χ0) is 13.2. The van der Waals surface area contributed by atoms with E-state index in [1.54, 1.807) is 0 Å². The topological polar surface area (TPSA) is 37.8 Å². The summed E-state index contributed by atoms with van der Waals surface area (Å²) in [5.41, 5.74) is 3.44. The molecule has 0 aliphatic heterocycles. The lowest BCUT2D eigenvalue weighted by Gasteiger charge is -2.11. The van der Waals surface area contributed by atoms with E-state index in [2.05, 4.69) is 17.2 Å². The van der Waals surface area contributed by atoms with Crippen LogP contribution in [-0.4, -0.2) is 16.5 Å². The molecule has 0 unspecified atom stereocenters. The minimum absolute atomic E-state index is 0.714. The number of aromatic nitrogens is 2. The Morgan fingerprint density at radius 1 is 1.26 bits per heavy atom. The average molecular weight is 274 g/mol. The maximum atomic E-state index is 6.04. The molecule has 1 aliphatic rings. The van der Waals surface area contributed by atoms with E-state index in [0.29, 0.717) is 5.02 Å². The number of halogens is 1. The van der Waals surface area contributed by atoms with Crippen molar-refractivity contribution in [2.45, 2.75) is 26.2 Å². The highest BCUT2D eigenvalue weighted by atomic mass is 35.5. The zero-order valence-electron chi connectivity index (χ0n) is 10.9. The van der Waals surface area contributed by atoms with Gasteiger partial charge in [-0.3, -0.25) is 0 Å². The summed E-state index contributed by atoms with van der Waals surface area (Å²) in [5, 5.41) is 4.06. The SMILES string of the molecule is CCNc1nc(-c2cccc(Cl)c2)nc2c1CCC2. The number of hydrogen-bond acceptors (Lipinski definition) is 3. The Morgan fingerprint density at radius 2 is 2.16 bits per heavy atom. The van der Waals surface area contributed by atoms with Gasteiger partial charge in [0.2, 0.25) is 0 Å². The molecular formula is C15H16ClN3. The fraction of sp³-hybridized carbons (Fsp3) is 0.333. The van der Waals surface area contributed by atoms with E-state index in [1.165, 1.54) is 17.7 Å². The predicted octanol–water partition coefficient (Wildman–Crippen LogP) is 3.72. The minimum atomic E-state index is 0.714. The number of nitrogens with one attached hydrogen (secondary N) is 1. The van der Waals surface area contributed by atoms with Gasteiger partial charge in [-0.1, -0.05) is 23.7 Å². The van der Waals surface area contributed by atoms with E-state index >= 15 is 0 Å². The maximum Gasteiger partial charge on any atom is 0.161 e. The third-order valence-corrected chi connectivity index (χ3v) is 3.60. The molecule has 0 radical (unpaired) electrons. The van der Waals surface area contributed by atoms with Crippen molar-refractivity contribution in [3.05, 3.63) is 40.5 Å². The van der Waals surface area contributed by atoms with Crippen molar-refractivity contribution >= 4 is 17.4 Å². The Labute approximate surface area is 118 Å². The van der Waals surface area contributed by atoms with Gasteiger partial charge in [0.15, 0.2) is 5.82 Å². The highest BCUT2D eigenvalue weighted by molar-refractivity contribution is 6.30. The summed E-state index contributed by atoms with van der Waals surface area (Å²) >= 11 is 6.04.